The van der Waals surface area contributed by atoms with E-state index in [1.54, 1.807) is 6.20 Å². The Morgan fingerprint density at radius 2 is 2.07 bits per heavy atom. The average Bonchev–Trinajstić information content (AvgIpc) is 2.23. The fraction of sp³-hybridized carbons (Fsp3) is 0.583. The molecular weight excluding hydrogens is 172 g/mol. The van der Waals surface area contributed by atoms with Crippen LogP contribution in [0.1, 0.15) is 46.5 Å². The number of hydrogen-bond acceptors (Lipinski definition) is 2. The van der Waals surface area contributed by atoms with Crippen molar-refractivity contribution in [2.75, 3.05) is 0 Å². The van der Waals surface area contributed by atoms with Gasteiger partial charge in [-0.25, -0.2) is 0 Å². The van der Waals surface area contributed by atoms with Crippen LogP contribution in [0.25, 0.3) is 0 Å². The van der Waals surface area contributed by atoms with Crippen LogP contribution in [0.2, 0.25) is 0 Å². The van der Waals surface area contributed by atoms with E-state index in [-0.39, 0.29) is 0 Å². The first-order valence-corrected chi connectivity index (χ1v) is 5.38. The van der Waals surface area contributed by atoms with Gasteiger partial charge in [0, 0.05) is 11.9 Å². The summed E-state index contributed by atoms with van der Waals surface area (Å²) >= 11 is 0. The van der Waals surface area contributed by atoms with E-state index < -0.39 is 0 Å². The molecule has 0 aliphatic heterocycles. The Hall–Kier alpha value is -1.05. The van der Waals surface area contributed by atoms with Crippen LogP contribution in [-0.4, -0.2) is 6.21 Å². The van der Waals surface area contributed by atoms with Gasteiger partial charge in [-0.05, 0) is 38.0 Å². The minimum absolute atomic E-state index is 0.935. The van der Waals surface area contributed by atoms with Crippen LogP contribution in [0.15, 0.2) is 28.5 Å². The van der Waals surface area contributed by atoms with Crippen molar-refractivity contribution in [3.63, 3.8) is 0 Å². The Balaban J connectivity index is 4.17. The van der Waals surface area contributed by atoms with Gasteiger partial charge in [-0.3, -0.25) is 4.99 Å². The van der Waals surface area contributed by atoms with Crippen molar-refractivity contribution in [2.24, 2.45) is 10.7 Å². The normalized spacial score (nSPS) is 13.9. The van der Waals surface area contributed by atoms with Crippen LogP contribution < -0.4 is 5.73 Å². The first-order chi connectivity index (χ1) is 6.78. The lowest BCUT2D eigenvalue weighted by Crippen LogP contribution is -1.90. The molecule has 2 nitrogen and oxygen atoms in total. The van der Waals surface area contributed by atoms with Crippen LogP contribution >= 0.6 is 0 Å². The molecule has 80 valence electrons. The Kier molecular flexibility index (Phi) is 7.90. The van der Waals surface area contributed by atoms with Gasteiger partial charge in [0.05, 0.1) is 0 Å². The summed E-state index contributed by atoms with van der Waals surface area (Å²) in [5.74, 6) is 0. The van der Waals surface area contributed by atoms with Gasteiger partial charge in [-0.15, -0.1) is 0 Å². The first kappa shape index (κ1) is 12.9. The molecule has 0 aromatic carbocycles. The lowest BCUT2D eigenvalue weighted by molar-refractivity contribution is 0.781. The molecule has 0 heterocycles. The maximum absolute atomic E-state index is 5.44. The number of nitrogens with two attached hydrogens (primary N) is 1. The van der Waals surface area contributed by atoms with Gasteiger partial charge in [0.2, 0.25) is 0 Å². The van der Waals surface area contributed by atoms with Crippen molar-refractivity contribution in [3.8, 4) is 0 Å². The van der Waals surface area contributed by atoms with Crippen LogP contribution in [0.4, 0.5) is 0 Å². The largest absolute Gasteiger partial charge is 0.404 e. The minimum atomic E-state index is 0.935. The van der Waals surface area contributed by atoms with E-state index >= 15 is 0 Å². The highest BCUT2D eigenvalue weighted by atomic mass is 14.7. The highest BCUT2D eigenvalue weighted by Gasteiger charge is 1.92. The standard InChI is InChI=1S/C12H22N2/c1-4-7-8-12(6-3)14-10-11(5-2)9-13/h6,9-10H,4-5,7-8,13H2,1-3H3/b11-9-,12-6-,14-10-. The van der Waals surface area contributed by atoms with Gasteiger partial charge in [0.25, 0.3) is 0 Å². The van der Waals surface area contributed by atoms with Crippen molar-refractivity contribution in [2.45, 2.75) is 46.5 Å². The predicted molar refractivity (Wildman–Crippen MR) is 64.3 cm³/mol. The molecule has 0 aromatic heterocycles. The van der Waals surface area contributed by atoms with E-state index in [1.807, 2.05) is 13.1 Å². The molecule has 0 saturated heterocycles. The van der Waals surface area contributed by atoms with Gasteiger partial charge in [-0.1, -0.05) is 26.3 Å². The average molecular weight is 194 g/mol. The molecule has 0 atom stereocenters. The molecule has 0 fully saturated rings. The fourth-order valence-electron chi connectivity index (χ4n) is 1.06. The molecule has 0 saturated carbocycles. The second-order valence-electron chi connectivity index (χ2n) is 3.24. The van der Waals surface area contributed by atoms with E-state index in [0.29, 0.717) is 0 Å². The molecule has 0 aliphatic rings. The van der Waals surface area contributed by atoms with Crippen molar-refractivity contribution in [3.05, 3.63) is 23.5 Å². The van der Waals surface area contributed by atoms with E-state index in [4.69, 9.17) is 5.73 Å². The molecule has 14 heavy (non-hydrogen) atoms. The third-order valence-corrected chi connectivity index (χ3v) is 2.14. The Morgan fingerprint density at radius 1 is 1.36 bits per heavy atom. The molecule has 0 bridgehead atoms. The van der Waals surface area contributed by atoms with Gasteiger partial charge < -0.3 is 5.73 Å². The van der Waals surface area contributed by atoms with E-state index in [1.165, 1.54) is 12.8 Å². The summed E-state index contributed by atoms with van der Waals surface area (Å²) in [5.41, 5.74) is 7.67. The first-order valence-electron chi connectivity index (χ1n) is 5.38. The SMILES string of the molecule is C\C=C(CCCC)/N=C\C(=C/N)CC. The number of allylic oxidation sites excluding steroid dienone is 3. The molecular formula is C12H22N2. The Morgan fingerprint density at radius 3 is 2.50 bits per heavy atom. The van der Waals surface area contributed by atoms with Crippen LogP contribution in [0.5, 0.6) is 0 Å². The molecule has 0 rings (SSSR count). The maximum atomic E-state index is 5.44. The summed E-state index contributed by atoms with van der Waals surface area (Å²) in [6.07, 6.45) is 9.96. The molecule has 0 aromatic rings. The van der Waals surface area contributed by atoms with Crippen molar-refractivity contribution < 1.29 is 0 Å². The lowest BCUT2D eigenvalue weighted by Gasteiger charge is -1.99. The highest BCUT2D eigenvalue weighted by Crippen LogP contribution is 2.08. The zero-order valence-corrected chi connectivity index (χ0v) is 9.59. The number of hydrogen-bond donors (Lipinski definition) is 1. The predicted octanol–water partition coefficient (Wildman–Crippen LogP) is 3.40. The molecule has 0 spiro atoms. The molecule has 0 aliphatic carbocycles. The van der Waals surface area contributed by atoms with Crippen LogP contribution in [-0.2, 0) is 0 Å². The quantitative estimate of drug-likeness (QED) is 0.646. The summed E-state index contributed by atoms with van der Waals surface area (Å²) in [4.78, 5) is 4.41. The summed E-state index contributed by atoms with van der Waals surface area (Å²) in [7, 11) is 0. The van der Waals surface area contributed by atoms with Gasteiger partial charge in [0.1, 0.15) is 0 Å². The van der Waals surface area contributed by atoms with Gasteiger partial charge in [0.15, 0.2) is 0 Å². The van der Waals surface area contributed by atoms with Crippen molar-refractivity contribution >= 4 is 6.21 Å². The van der Waals surface area contributed by atoms with Crippen molar-refractivity contribution in [1.82, 2.24) is 0 Å². The Bertz CT molecular complexity index is 224. The second-order valence-corrected chi connectivity index (χ2v) is 3.24. The number of unbranched alkanes of at least 4 members (excludes halogenated alkanes) is 1. The highest BCUT2D eigenvalue weighted by molar-refractivity contribution is 5.79. The lowest BCUT2D eigenvalue weighted by atomic mass is 10.2. The topological polar surface area (TPSA) is 38.4 Å². The van der Waals surface area contributed by atoms with Gasteiger partial charge >= 0.3 is 0 Å². The summed E-state index contributed by atoms with van der Waals surface area (Å²) in [5, 5.41) is 0. The molecule has 2 heteroatoms. The summed E-state index contributed by atoms with van der Waals surface area (Å²) in [6.45, 7) is 6.29. The zero-order valence-electron chi connectivity index (χ0n) is 9.59. The maximum Gasteiger partial charge on any atom is 0.0361 e. The van der Waals surface area contributed by atoms with E-state index in [2.05, 4.69) is 24.9 Å². The number of rotatable bonds is 6. The number of nitrogens with zero attached hydrogens (tertiary/aromatic N) is 1. The second kappa shape index (κ2) is 8.54. The van der Waals surface area contributed by atoms with Crippen LogP contribution in [0, 0.1) is 0 Å². The van der Waals surface area contributed by atoms with Crippen LogP contribution in [0.3, 0.4) is 0 Å². The summed E-state index contributed by atoms with van der Waals surface area (Å²) in [6, 6.07) is 0. The fourth-order valence-corrected chi connectivity index (χ4v) is 1.06. The van der Waals surface area contributed by atoms with E-state index in [0.717, 1.165) is 24.1 Å². The molecule has 0 radical (unpaired) electrons. The molecule has 0 amide bonds. The third kappa shape index (κ3) is 5.57. The monoisotopic (exact) mass is 194 g/mol. The Labute approximate surface area is 87.6 Å². The zero-order chi connectivity index (χ0) is 10.8. The smallest absolute Gasteiger partial charge is 0.0361 e. The molecule has 0 unspecified atom stereocenters. The third-order valence-electron chi connectivity index (χ3n) is 2.14. The van der Waals surface area contributed by atoms with Gasteiger partial charge in [-0.2, -0.15) is 0 Å². The van der Waals surface area contributed by atoms with E-state index in [9.17, 15) is 0 Å². The molecule has 2 N–H and O–H groups in total. The van der Waals surface area contributed by atoms with Crippen molar-refractivity contribution in [1.29, 1.82) is 0 Å². The minimum Gasteiger partial charge on any atom is -0.404 e. The number of aliphatic imine (C=N–C) groups is 1. The summed E-state index contributed by atoms with van der Waals surface area (Å²) < 4.78 is 0.